The highest BCUT2D eigenvalue weighted by Gasteiger charge is 2.13. The van der Waals surface area contributed by atoms with E-state index in [0.717, 1.165) is 10.6 Å². The van der Waals surface area contributed by atoms with E-state index in [4.69, 9.17) is 9.15 Å². The zero-order valence-electron chi connectivity index (χ0n) is 16.0. The van der Waals surface area contributed by atoms with Crippen molar-refractivity contribution in [2.24, 2.45) is 0 Å². The van der Waals surface area contributed by atoms with Gasteiger partial charge in [-0.3, -0.25) is 9.59 Å². The lowest BCUT2D eigenvalue weighted by Gasteiger charge is -2.11. The Balaban J connectivity index is 1.57. The number of benzene rings is 2. The fourth-order valence-corrected chi connectivity index (χ4v) is 3.45. The average Bonchev–Trinajstić information content (AvgIpc) is 3.26. The topological polar surface area (TPSA) is 80.6 Å². The minimum atomic E-state index is -0.228. The van der Waals surface area contributed by atoms with Crippen LogP contribution in [0.3, 0.4) is 0 Å². The normalized spacial score (nSPS) is 10.4. The van der Waals surface area contributed by atoms with Gasteiger partial charge in [0.15, 0.2) is 0 Å². The van der Waals surface area contributed by atoms with Crippen LogP contribution in [0.25, 0.3) is 0 Å². The second-order valence-corrected chi connectivity index (χ2v) is 7.07. The lowest BCUT2D eigenvalue weighted by Crippen LogP contribution is -2.24. The van der Waals surface area contributed by atoms with Gasteiger partial charge >= 0.3 is 0 Å². The SMILES string of the molecule is CCOc1ccc(NC(=O)c2ccccc2SCC(=O)NCc2ccco2)cc1. The first-order chi connectivity index (χ1) is 14.2. The maximum Gasteiger partial charge on any atom is 0.256 e. The third-order valence-corrected chi connectivity index (χ3v) is 5.03. The molecule has 2 aromatic carbocycles. The molecule has 0 aliphatic heterocycles. The van der Waals surface area contributed by atoms with E-state index in [9.17, 15) is 9.59 Å². The molecule has 3 rings (SSSR count). The van der Waals surface area contributed by atoms with E-state index in [1.165, 1.54) is 11.8 Å². The molecule has 1 heterocycles. The molecule has 150 valence electrons. The monoisotopic (exact) mass is 410 g/mol. The number of carbonyl (C=O) groups excluding carboxylic acids is 2. The van der Waals surface area contributed by atoms with Crippen molar-refractivity contribution < 1.29 is 18.7 Å². The van der Waals surface area contributed by atoms with Crippen LogP contribution in [0.2, 0.25) is 0 Å². The fraction of sp³-hybridized carbons (Fsp3) is 0.182. The van der Waals surface area contributed by atoms with Gasteiger partial charge in [-0.25, -0.2) is 0 Å². The zero-order valence-corrected chi connectivity index (χ0v) is 16.8. The summed E-state index contributed by atoms with van der Waals surface area (Å²) in [6.07, 6.45) is 1.56. The summed E-state index contributed by atoms with van der Waals surface area (Å²) < 4.78 is 10.6. The lowest BCUT2D eigenvalue weighted by atomic mass is 10.2. The molecule has 7 heteroatoms. The van der Waals surface area contributed by atoms with Crippen molar-refractivity contribution in [3.05, 3.63) is 78.3 Å². The van der Waals surface area contributed by atoms with Crippen LogP contribution in [0.1, 0.15) is 23.0 Å². The summed E-state index contributed by atoms with van der Waals surface area (Å²) in [6, 6.07) is 18.0. The highest BCUT2D eigenvalue weighted by atomic mass is 32.2. The first-order valence-corrected chi connectivity index (χ1v) is 10.2. The minimum Gasteiger partial charge on any atom is -0.494 e. The van der Waals surface area contributed by atoms with Gasteiger partial charge in [0, 0.05) is 10.6 Å². The Morgan fingerprint density at radius 3 is 2.55 bits per heavy atom. The van der Waals surface area contributed by atoms with E-state index >= 15 is 0 Å². The molecule has 6 nitrogen and oxygen atoms in total. The van der Waals surface area contributed by atoms with Gasteiger partial charge in [-0.05, 0) is 55.5 Å². The number of thioether (sulfide) groups is 1. The maximum atomic E-state index is 12.7. The standard InChI is InChI=1S/C22H22N2O4S/c1-2-27-17-11-9-16(10-12-17)24-22(26)19-7-3-4-8-20(19)29-15-21(25)23-14-18-6-5-13-28-18/h3-13H,2,14-15H2,1H3,(H,23,25)(H,24,26). The number of nitrogens with one attached hydrogen (secondary N) is 2. The summed E-state index contributed by atoms with van der Waals surface area (Å²) >= 11 is 1.32. The van der Waals surface area contributed by atoms with Crippen molar-refractivity contribution in [3.63, 3.8) is 0 Å². The van der Waals surface area contributed by atoms with E-state index in [0.29, 0.717) is 30.2 Å². The molecular weight excluding hydrogens is 388 g/mol. The number of anilines is 1. The van der Waals surface area contributed by atoms with Gasteiger partial charge in [-0.2, -0.15) is 0 Å². The van der Waals surface area contributed by atoms with E-state index < -0.39 is 0 Å². The van der Waals surface area contributed by atoms with Crippen molar-refractivity contribution in [1.29, 1.82) is 0 Å². The van der Waals surface area contributed by atoms with Crippen LogP contribution in [0.5, 0.6) is 5.75 Å². The largest absolute Gasteiger partial charge is 0.494 e. The van der Waals surface area contributed by atoms with Gasteiger partial charge in [0.2, 0.25) is 5.91 Å². The van der Waals surface area contributed by atoms with Crippen LogP contribution in [0.15, 0.2) is 76.2 Å². The molecule has 0 unspecified atom stereocenters. The van der Waals surface area contributed by atoms with E-state index in [1.54, 1.807) is 42.7 Å². The summed E-state index contributed by atoms with van der Waals surface area (Å²) in [5, 5.41) is 5.67. The smallest absolute Gasteiger partial charge is 0.256 e. The second-order valence-electron chi connectivity index (χ2n) is 6.05. The van der Waals surface area contributed by atoms with E-state index in [1.807, 2.05) is 31.2 Å². The number of hydrogen-bond donors (Lipinski definition) is 2. The molecule has 0 bridgehead atoms. The highest BCUT2D eigenvalue weighted by molar-refractivity contribution is 8.00. The van der Waals surface area contributed by atoms with Crippen LogP contribution in [-0.4, -0.2) is 24.2 Å². The summed E-state index contributed by atoms with van der Waals surface area (Å²) in [6.45, 7) is 2.85. The average molecular weight is 410 g/mol. The Kier molecular flexibility index (Phi) is 7.35. The summed E-state index contributed by atoms with van der Waals surface area (Å²) in [4.78, 5) is 25.5. The first-order valence-electron chi connectivity index (χ1n) is 9.21. The quantitative estimate of drug-likeness (QED) is 0.513. The molecule has 0 atom stereocenters. The van der Waals surface area contributed by atoms with Crippen molar-refractivity contribution >= 4 is 29.3 Å². The molecular formula is C22H22N2O4S. The number of amides is 2. The van der Waals surface area contributed by atoms with Gasteiger partial charge < -0.3 is 19.8 Å². The van der Waals surface area contributed by atoms with Crippen LogP contribution in [-0.2, 0) is 11.3 Å². The first kappa shape index (κ1) is 20.5. The Morgan fingerprint density at radius 1 is 1.03 bits per heavy atom. The van der Waals surface area contributed by atoms with Gasteiger partial charge in [0.1, 0.15) is 11.5 Å². The Labute approximate surface area is 173 Å². The lowest BCUT2D eigenvalue weighted by molar-refractivity contribution is -0.118. The van der Waals surface area contributed by atoms with Gasteiger partial charge in [-0.15, -0.1) is 11.8 Å². The number of ether oxygens (including phenoxy) is 1. The van der Waals surface area contributed by atoms with Crippen molar-refractivity contribution in [1.82, 2.24) is 5.32 Å². The number of hydrogen-bond acceptors (Lipinski definition) is 5. The fourth-order valence-electron chi connectivity index (χ4n) is 2.57. The van der Waals surface area contributed by atoms with Crippen molar-refractivity contribution in [3.8, 4) is 5.75 Å². The molecule has 0 radical (unpaired) electrons. The van der Waals surface area contributed by atoms with Gasteiger partial charge in [0.05, 0.1) is 30.7 Å². The maximum absolute atomic E-state index is 12.7. The molecule has 0 spiro atoms. The van der Waals surface area contributed by atoms with Gasteiger partial charge in [-0.1, -0.05) is 12.1 Å². The predicted octanol–water partition coefficient (Wildman–Crippen LogP) is 4.34. The molecule has 0 fully saturated rings. The molecule has 2 amide bonds. The van der Waals surface area contributed by atoms with E-state index in [-0.39, 0.29) is 17.6 Å². The number of furan rings is 1. The van der Waals surface area contributed by atoms with Crippen LogP contribution in [0.4, 0.5) is 5.69 Å². The Bertz CT molecular complexity index is 940. The molecule has 2 N–H and O–H groups in total. The summed E-state index contributed by atoms with van der Waals surface area (Å²) in [7, 11) is 0. The van der Waals surface area contributed by atoms with Crippen molar-refractivity contribution in [2.75, 3.05) is 17.7 Å². The van der Waals surface area contributed by atoms with Crippen LogP contribution >= 0.6 is 11.8 Å². The molecule has 29 heavy (non-hydrogen) atoms. The molecule has 0 aliphatic rings. The van der Waals surface area contributed by atoms with E-state index in [2.05, 4.69) is 10.6 Å². The minimum absolute atomic E-state index is 0.131. The Morgan fingerprint density at radius 2 is 1.83 bits per heavy atom. The summed E-state index contributed by atoms with van der Waals surface area (Å²) in [5.41, 5.74) is 1.19. The molecule has 0 saturated heterocycles. The summed E-state index contributed by atoms with van der Waals surface area (Å²) in [5.74, 6) is 1.29. The Hall–Kier alpha value is -3.19. The van der Waals surface area contributed by atoms with Crippen molar-refractivity contribution in [2.45, 2.75) is 18.4 Å². The molecule has 1 aromatic heterocycles. The third kappa shape index (κ3) is 6.15. The zero-order chi connectivity index (χ0) is 20.5. The molecule has 0 aliphatic carbocycles. The third-order valence-electron chi connectivity index (χ3n) is 3.95. The molecule has 3 aromatic rings. The molecule has 0 saturated carbocycles. The second kappa shape index (κ2) is 10.4. The predicted molar refractivity (Wildman–Crippen MR) is 113 cm³/mol. The number of carbonyl (C=O) groups is 2. The number of rotatable bonds is 9. The van der Waals surface area contributed by atoms with Crippen LogP contribution < -0.4 is 15.4 Å². The highest BCUT2D eigenvalue weighted by Crippen LogP contribution is 2.24. The van der Waals surface area contributed by atoms with Gasteiger partial charge in [0.25, 0.3) is 5.91 Å². The van der Waals surface area contributed by atoms with Crippen LogP contribution in [0, 0.1) is 0 Å².